The van der Waals surface area contributed by atoms with Crippen molar-refractivity contribution in [1.82, 2.24) is 0 Å². The molecule has 6 heteroatoms. The fourth-order valence-corrected chi connectivity index (χ4v) is 3.98. The van der Waals surface area contributed by atoms with Crippen molar-refractivity contribution in [2.75, 3.05) is 38.2 Å². The standard InChI is InChI=1S/C25H28N2O4/c1-19(20-8-4-3-5-9-20)31-25-18-30-21(16-23(25)28)17-26-12-14-27(15-13-26)22-10-6-7-11-24(22)29-2/h3-11,16,18-19H,12-15,17H2,1-2H3/p+1/t19-/m0/s1. The van der Waals surface area contributed by atoms with Crippen molar-refractivity contribution in [3.63, 3.8) is 0 Å². The highest BCUT2D eigenvalue weighted by Crippen LogP contribution is 2.27. The molecule has 0 saturated carbocycles. The number of piperazine rings is 1. The lowest BCUT2D eigenvalue weighted by Gasteiger charge is -2.34. The Balaban J connectivity index is 1.34. The first-order valence-corrected chi connectivity index (χ1v) is 10.7. The van der Waals surface area contributed by atoms with Crippen LogP contribution in [0.4, 0.5) is 5.69 Å². The lowest BCUT2D eigenvalue weighted by Crippen LogP contribution is -3.13. The van der Waals surface area contributed by atoms with Crippen LogP contribution in [0.25, 0.3) is 0 Å². The molecule has 162 valence electrons. The maximum atomic E-state index is 12.5. The van der Waals surface area contributed by atoms with Gasteiger partial charge in [0.25, 0.3) is 0 Å². The second kappa shape index (κ2) is 9.71. The van der Waals surface area contributed by atoms with Gasteiger partial charge < -0.3 is 23.7 Å². The van der Waals surface area contributed by atoms with Crippen LogP contribution in [0.3, 0.4) is 0 Å². The minimum atomic E-state index is -0.219. The molecule has 0 aliphatic carbocycles. The number of hydrogen-bond acceptors (Lipinski definition) is 5. The smallest absolute Gasteiger partial charge is 0.227 e. The van der Waals surface area contributed by atoms with E-state index in [4.69, 9.17) is 13.9 Å². The average molecular weight is 422 g/mol. The molecule has 31 heavy (non-hydrogen) atoms. The number of anilines is 1. The van der Waals surface area contributed by atoms with Gasteiger partial charge in [0.15, 0.2) is 5.76 Å². The summed E-state index contributed by atoms with van der Waals surface area (Å²) in [6, 6.07) is 19.5. The van der Waals surface area contributed by atoms with Gasteiger partial charge in [-0.05, 0) is 24.6 Å². The molecular weight excluding hydrogens is 392 g/mol. The van der Waals surface area contributed by atoms with E-state index in [-0.39, 0.29) is 17.3 Å². The van der Waals surface area contributed by atoms with Crippen LogP contribution in [-0.2, 0) is 6.54 Å². The molecule has 0 radical (unpaired) electrons. The number of benzene rings is 2. The average Bonchev–Trinajstić information content (AvgIpc) is 2.82. The van der Waals surface area contributed by atoms with Gasteiger partial charge >= 0.3 is 0 Å². The summed E-state index contributed by atoms with van der Waals surface area (Å²) in [6.45, 7) is 6.39. The van der Waals surface area contributed by atoms with E-state index in [1.807, 2.05) is 55.5 Å². The van der Waals surface area contributed by atoms with Crippen LogP contribution < -0.4 is 24.7 Å². The molecule has 0 bridgehead atoms. The maximum absolute atomic E-state index is 12.5. The number of ether oxygens (including phenoxy) is 2. The third-order valence-electron chi connectivity index (χ3n) is 5.75. The largest absolute Gasteiger partial charge is 0.495 e. The van der Waals surface area contributed by atoms with Crippen molar-refractivity contribution >= 4 is 5.69 Å². The summed E-state index contributed by atoms with van der Waals surface area (Å²) < 4.78 is 17.1. The van der Waals surface area contributed by atoms with Gasteiger partial charge in [-0.3, -0.25) is 4.79 Å². The highest BCUT2D eigenvalue weighted by molar-refractivity contribution is 5.58. The molecule has 1 fully saturated rings. The lowest BCUT2D eigenvalue weighted by molar-refractivity contribution is -0.915. The van der Waals surface area contributed by atoms with E-state index in [0.29, 0.717) is 12.3 Å². The van der Waals surface area contributed by atoms with Gasteiger partial charge in [-0.25, -0.2) is 0 Å². The Kier molecular flexibility index (Phi) is 6.57. The van der Waals surface area contributed by atoms with Crippen LogP contribution in [0.1, 0.15) is 24.4 Å². The SMILES string of the molecule is COc1ccccc1N1CC[NH+](Cc2cc(=O)c(O[C@@H](C)c3ccccc3)co2)CC1. The number of methoxy groups -OCH3 is 1. The van der Waals surface area contributed by atoms with E-state index >= 15 is 0 Å². The van der Waals surface area contributed by atoms with E-state index in [1.165, 1.54) is 11.2 Å². The van der Waals surface area contributed by atoms with Crippen molar-refractivity contribution in [3.8, 4) is 11.5 Å². The minimum absolute atomic E-state index is 0.143. The molecular formula is C25H29N2O4+. The normalized spacial score (nSPS) is 15.5. The zero-order chi connectivity index (χ0) is 21.6. The Morgan fingerprint density at radius 1 is 1.03 bits per heavy atom. The van der Waals surface area contributed by atoms with Gasteiger partial charge in [0.2, 0.25) is 11.2 Å². The van der Waals surface area contributed by atoms with Gasteiger partial charge in [-0.2, -0.15) is 0 Å². The molecule has 0 amide bonds. The van der Waals surface area contributed by atoms with Crippen LogP contribution in [0.2, 0.25) is 0 Å². The summed E-state index contributed by atoms with van der Waals surface area (Å²) >= 11 is 0. The topological polar surface area (TPSA) is 56.4 Å². The van der Waals surface area contributed by atoms with Crippen LogP contribution in [0.15, 0.2) is 76.1 Å². The third-order valence-corrected chi connectivity index (χ3v) is 5.75. The first kappa shape index (κ1) is 21.0. The molecule has 3 aromatic rings. The third kappa shape index (κ3) is 5.09. The Bertz CT molecular complexity index is 1040. The van der Waals surface area contributed by atoms with E-state index in [2.05, 4.69) is 11.0 Å². The molecule has 2 heterocycles. The quantitative estimate of drug-likeness (QED) is 0.636. The number of hydrogen-bond donors (Lipinski definition) is 1. The maximum Gasteiger partial charge on any atom is 0.227 e. The van der Waals surface area contributed by atoms with Crippen LogP contribution >= 0.6 is 0 Å². The predicted molar refractivity (Wildman–Crippen MR) is 120 cm³/mol. The zero-order valence-corrected chi connectivity index (χ0v) is 18.0. The summed E-state index contributed by atoms with van der Waals surface area (Å²) in [5, 5.41) is 0. The van der Waals surface area contributed by atoms with Crippen LogP contribution in [0, 0.1) is 0 Å². The fourth-order valence-electron chi connectivity index (χ4n) is 3.98. The molecule has 0 unspecified atom stereocenters. The number of para-hydroxylation sites is 2. The van der Waals surface area contributed by atoms with Gasteiger partial charge in [0.1, 0.15) is 24.7 Å². The first-order chi connectivity index (χ1) is 15.1. The fraction of sp³-hybridized carbons (Fsp3) is 0.320. The molecule has 6 nitrogen and oxygen atoms in total. The minimum Gasteiger partial charge on any atom is -0.495 e. The molecule has 1 saturated heterocycles. The second-order valence-electron chi connectivity index (χ2n) is 7.83. The van der Waals surface area contributed by atoms with Gasteiger partial charge in [0.05, 0.1) is 39.0 Å². The molecule has 4 rings (SSSR count). The number of quaternary nitrogens is 1. The van der Waals surface area contributed by atoms with Crippen LogP contribution in [-0.4, -0.2) is 33.3 Å². The van der Waals surface area contributed by atoms with E-state index in [0.717, 1.165) is 43.2 Å². The van der Waals surface area contributed by atoms with Crippen molar-refractivity contribution in [3.05, 3.63) is 88.5 Å². The lowest BCUT2D eigenvalue weighted by atomic mass is 10.1. The van der Waals surface area contributed by atoms with E-state index in [1.54, 1.807) is 13.2 Å². The molecule has 2 aromatic carbocycles. The molecule has 1 aromatic heterocycles. The van der Waals surface area contributed by atoms with E-state index in [9.17, 15) is 4.79 Å². The summed E-state index contributed by atoms with van der Waals surface area (Å²) in [5.41, 5.74) is 2.00. The molecule has 1 N–H and O–H groups in total. The summed E-state index contributed by atoms with van der Waals surface area (Å²) in [5.74, 6) is 1.83. The second-order valence-corrected chi connectivity index (χ2v) is 7.83. The summed E-state index contributed by atoms with van der Waals surface area (Å²) in [7, 11) is 1.70. The highest BCUT2D eigenvalue weighted by Gasteiger charge is 2.23. The number of rotatable bonds is 7. The summed E-state index contributed by atoms with van der Waals surface area (Å²) in [6.07, 6.45) is 1.23. The molecule has 1 aliphatic heterocycles. The highest BCUT2D eigenvalue weighted by atomic mass is 16.5. The Labute approximate surface area is 182 Å². The zero-order valence-electron chi connectivity index (χ0n) is 18.0. The molecule has 1 atom stereocenters. The van der Waals surface area contributed by atoms with Crippen LogP contribution in [0.5, 0.6) is 11.5 Å². The van der Waals surface area contributed by atoms with E-state index < -0.39 is 0 Å². The van der Waals surface area contributed by atoms with Crippen molar-refractivity contribution in [2.24, 2.45) is 0 Å². The molecule has 0 spiro atoms. The number of nitrogens with zero attached hydrogens (tertiary/aromatic N) is 1. The van der Waals surface area contributed by atoms with Crippen molar-refractivity contribution < 1.29 is 18.8 Å². The summed E-state index contributed by atoms with van der Waals surface area (Å²) in [4.78, 5) is 16.3. The van der Waals surface area contributed by atoms with Crippen molar-refractivity contribution in [1.29, 1.82) is 0 Å². The van der Waals surface area contributed by atoms with Crippen molar-refractivity contribution in [2.45, 2.75) is 19.6 Å². The van der Waals surface area contributed by atoms with Gasteiger partial charge in [-0.15, -0.1) is 0 Å². The monoisotopic (exact) mass is 421 g/mol. The first-order valence-electron chi connectivity index (χ1n) is 10.7. The Hall–Kier alpha value is -3.25. The Morgan fingerprint density at radius 3 is 2.45 bits per heavy atom. The number of nitrogens with one attached hydrogen (secondary N) is 1. The Morgan fingerprint density at radius 2 is 1.74 bits per heavy atom. The van der Waals surface area contributed by atoms with Gasteiger partial charge in [0, 0.05) is 6.07 Å². The predicted octanol–water partition coefficient (Wildman–Crippen LogP) is 2.69. The molecule has 1 aliphatic rings. The van der Waals surface area contributed by atoms with Gasteiger partial charge in [-0.1, -0.05) is 42.5 Å².